The van der Waals surface area contributed by atoms with E-state index in [1.165, 1.54) is 0 Å². The van der Waals surface area contributed by atoms with Crippen molar-refractivity contribution in [1.29, 1.82) is 0 Å². The van der Waals surface area contributed by atoms with Gasteiger partial charge in [0.2, 0.25) is 0 Å². The fourth-order valence-electron chi connectivity index (χ4n) is 1.72. The second kappa shape index (κ2) is 4.82. The molecule has 3 N–H and O–H groups in total. The number of aromatic nitrogens is 3. The number of thiazole rings is 1. The summed E-state index contributed by atoms with van der Waals surface area (Å²) in [5.41, 5.74) is 7.11. The Morgan fingerprint density at radius 1 is 1.53 bits per heavy atom. The first-order valence-electron chi connectivity index (χ1n) is 5.61. The highest BCUT2D eigenvalue weighted by molar-refractivity contribution is 7.94. The number of sulfonamides is 1. The Kier molecular flexibility index (Phi) is 3.50. The van der Waals surface area contributed by atoms with Crippen LogP contribution in [0.15, 0.2) is 10.4 Å². The molecular weight excluding hydrogens is 286 g/mol. The molecule has 2 rings (SSSR count). The first-order chi connectivity index (χ1) is 8.83. The molecule has 0 bridgehead atoms. The molecular formula is C10H15N5O2S2. The third-order valence-electron chi connectivity index (χ3n) is 2.50. The van der Waals surface area contributed by atoms with Crippen LogP contribution in [-0.2, 0) is 23.5 Å². The predicted molar refractivity (Wildman–Crippen MR) is 74.7 cm³/mol. The van der Waals surface area contributed by atoms with Crippen LogP contribution >= 0.6 is 11.3 Å². The molecule has 0 amide bonds. The summed E-state index contributed by atoms with van der Waals surface area (Å²) in [6, 6.07) is 0. The molecule has 7 nitrogen and oxygen atoms in total. The lowest BCUT2D eigenvalue weighted by Gasteiger charge is -2.05. The lowest BCUT2D eigenvalue weighted by Crippen LogP contribution is -2.13. The number of nitrogen functional groups attached to an aromatic ring is 1. The molecule has 9 heteroatoms. The Balaban J connectivity index is 2.39. The van der Waals surface area contributed by atoms with E-state index in [1.807, 2.05) is 6.92 Å². The second-order valence-corrected chi connectivity index (χ2v) is 6.96. The van der Waals surface area contributed by atoms with Gasteiger partial charge in [0.15, 0.2) is 9.34 Å². The van der Waals surface area contributed by atoms with Crippen molar-refractivity contribution in [2.75, 3.05) is 10.5 Å². The summed E-state index contributed by atoms with van der Waals surface area (Å²) in [7, 11) is -1.93. The van der Waals surface area contributed by atoms with Gasteiger partial charge in [0.05, 0.1) is 17.1 Å². The molecule has 0 fully saturated rings. The molecule has 104 valence electrons. The molecule has 19 heavy (non-hydrogen) atoms. The zero-order chi connectivity index (χ0) is 14.2. The molecule has 0 aliphatic heterocycles. The fourth-order valence-corrected chi connectivity index (χ4v) is 4.10. The van der Waals surface area contributed by atoms with Crippen molar-refractivity contribution < 1.29 is 8.42 Å². The first kappa shape index (κ1) is 13.8. The molecule has 0 unspecified atom stereocenters. The quantitative estimate of drug-likeness (QED) is 0.881. The Morgan fingerprint density at radius 2 is 2.21 bits per heavy atom. The van der Waals surface area contributed by atoms with Gasteiger partial charge >= 0.3 is 0 Å². The molecule has 0 radical (unpaired) electrons. The van der Waals surface area contributed by atoms with Gasteiger partial charge in [-0.1, -0.05) is 18.3 Å². The molecule has 0 aromatic carbocycles. The maximum Gasteiger partial charge on any atom is 0.273 e. The van der Waals surface area contributed by atoms with Crippen molar-refractivity contribution in [2.24, 2.45) is 7.05 Å². The number of anilines is 2. The largest absolute Gasteiger partial charge is 0.375 e. The van der Waals surface area contributed by atoms with Crippen LogP contribution in [0.2, 0.25) is 0 Å². The number of rotatable bonds is 4. The summed E-state index contributed by atoms with van der Waals surface area (Å²) in [6.45, 7) is 3.53. The predicted octanol–water partition coefficient (Wildman–Crippen LogP) is 1.13. The third kappa shape index (κ3) is 2.71. The molecule has 0 saturated heterocycles. The maximum atomic E-state index is 12.3. The third-order valence-corrected chi connectivity index (χ3v) is 5.46. The Labute approximate surface area is 115 Å². The molecule has 2 aromatic rings. The SMILES string of the molecule is CCc1nn(C)cc1NS(=O)(=O)c1sc(N)nc1C. The molecule has 0 saturated carbocycles. The van der Waals surface area contributed by atoms with Crippen molar-refractivity contribution in [3.8, 4) is 0 Å². The summed E-state index contributed by atoms with van der Waals surface area (Å²) < 4.78 is 28.8. The van der Waals surface area contributed by atoms with Gasteiger partial charge in [0.1, 0.15) is 0 Å². The van der Waals surface area contributed by atoms with E-state index in [4.69, 9.17) is 5.73 Å². The van der Waals surface area contributed by atoms with Gasteiger partial charge in [-0.2, -0.15) is 5.10 Å². The topological polar surface area (TPSA) is 103 Å². The van der Waals surface area contributed by atoms with E-state index >= 15 is 0 Å². The van der Waals surface area contributed by atoms with E-state index in [0.717, 1.165) is 11.3 Å². The number of hydrogen-bond donors (Lipinski definition) is 2. The molecule has 2 heterocycles. The van der Waals surface area contributed by atoms with Crippen molar-refractivity contribution >= 4 is 32.2 Å². The Hall–Kier alpha value is -1.61. The van der Waals surface area contributed by atoms with Gasteiger partial charge in [0.25, 0.3) is 10.0 Å². The summed E-state index contributed by atoms with van der Waals surface area (Å²) in [5, 5.41) is 4.42. The van der Waals surface area contributed by atoms with Crippen molar-refractivity contribution in [3.05, 3.63) is 17.6 Å². The molecule has 0 aliphatic carbocycles. The van der Waals surface area contributed by atoms with Crippen LogP contribution < -0.4 is 10.5 Å². The molecule has 2 aromatic heterocycles. The van der Waals surface area contributed by atoms with Crippen molar-refractivity contribution in [3.63, 3.8) is 0 Å². The van der Waals surface area contributed by atoms with Crippen LogP contribution in [0.3, 0.4) is 0 Å². The lowest BCUT2D eigenvalue weighted by atomic mass is 10.3. The maximum absolute atomic E-state index is 12.3. The van der Waals surface area contributed by atoms with Crippen LogP contribution in [0.25, 0.3) is 0 Å². The van der Waals surface area contributed by atoms with Crippen LogP contribution in [0.1, 0.15) is 18.3 Å². The van der Waals surface area contributed by atoms with E-state index in [-0.39, 0.29) is 9.34 Å². The average molecular weight is 301 g/mol. The highest BCUT2D eigenvalue weighted by atomic mass is 32.2. The van der Waals surface area contributed by atoms with Gasteiger partial charge in [-0.3, -0.25) is 9.40 Å². The first-order valence-corrected chi connectivity index (χ1v) is 7.91. The van der Waals surface area contributed by atoms with Crippen LogP contribution in [0.4, 0.5) is 10.8 Å². The standard InChI is InChI=1S/C10H15N5O2S2/c1-4-7-8(5-15(3)13-7)14-19(16,17)9-6(2)12-10(11)18-9/h5,14H,4H2,1-3H3,(H2,11,12). The molecule has 0 spiro atoms. The summed E-state index contributed by atoms with van der Waals surface area (Å²) >= 11 is 0.950. The van der Waals surface area contributed by atoms with Gasteiger partial charge in [0, 0.05) is 13.2 Å². The number of nitrogens with two attached hydrogens (primary N) is 1. The van der Waals surface area contributed by atoms with Crippen molar-refractivity contribution in [2.45, 2.75) is 24.5 Å². The number of hydrogen-bond acceptors (Lipinski definition) is 6. The molecule has 0 aliphatic rings. The summed E-state index contributed by atoms with van der Waals surface area (Å²) in [5.74, 6) is 0. The fraction of sp³-hybridized carbons (Fsp3) is 0.400. The van der Waals surface area contributed by atoms with Gasteiger partial charge in [-0.15, -0.1) is 0 Å². The van der Waals surface area contributed by atoms with E-state index in [2.05, 4.69) is 14.8 Å². The van der Waals surface area contributed by atoms with Crippen LogP contribution in [0, 0.1) is 6.92 Å². The zero-order valence-electron chi connectivity index (χ0n) is 10.8. The highest BCUT2D eigenvalue weighted by Crippen LogP contribution is 2.27. The minimum absolute atomic E-state index is 0.135. The monoisotopic (exact) mass is 301 g/mol. The van der Waals surface area contributed by atoms with Gasteiger partial charge < -0.3 is 5.73 Å². The highest BCUT2D eigenvalue weighted by Gasteiger charge is 2.23. The number of nitrogens with one attached hydrogen (secondary N) is 1. The summed E-state index contributed by atoms with van der Waals surface area (Å²) in [4.78, 5) is 3.92. The van der Waals surface area contributed by atoms with E-state index in [9.17, 15) is 8.42 Å². The molecule has 0 atom stereocenters. The average Bonchev–Trinajstić information content (AvgIpc) is 2.81. The smallest absolute Gasteiger partial charge is 0.273 e. The number of nitrogens with zero attached hydrogens (tertiary/aromatic N) is 3. The van der Waals surface area contributed by atoms with Gasteiger partial charge in [-0.05, 0) is 13.3 Å². The minimum atomic E-state index is -3.67. The van der Waals surface area contributed by atoms with Crippen LogP contribution in [-0.4, -0.2) is 23.2 Å². The van der Waals surface area contributed by atoms with E-state index in [0.29, 0.717) is 23.5 Å². The van der Waals surface area contributed by atoms with E-state index < -0.39 is 10.0 Å². The minimum Gasteiger partial charge on any atom is -0.375 e. The second-order valence-electron chi connectivity index (χ2n) is 4.05. The number of aryl methyl sites for hydroxylation is 3. The zero-order valence-corrected chi connectivity index (χ0v) is 12.5. The van der Waals surface area contributed by atoms with E-state index in [1.54, 1.807) is 24.9 Å². The summed E-state index contributed by atoms with van der Waals surface area (Å²) in [6.07, 6.45) is 2.28. The van der Waals surface area contributed by atoms with Gasteiger partial charge in [-0.25, -0.2) is 13.4 Å². The Morgan fingerprint density at radius 3 is 2.74 bits per heavy atom. The Bertz CT molecular complexity index is 702. The van der Waals surface area contributed by atoms with Crippen molar-refractivity contribution in [1.82, 2.24) is 14.8 Å². The van der Waals surface area contributed by atoms with Crippen LogP contribution in [0.5, 0.6) is 0 Å². The normalized spacial score (nSPS) is 11.7. The lowest BCUT2D eigenvalue weighted by molar-refractivity contribution is 0.602.